The molecule has 0 unspecified atom stereocenters. The van der Waals surface area contributed by atoms with E-state index in [1.165, 1.54) is 4.90 Å². The minimum Gasteiger partial charge on any atom is -0.368 e. The number of nitrogens with two attached hydrogens (primary N) is 1. The van der Waals surface area contributed by atoms with E-state index in [1.54, 1.807) is 11.6 Å². The molecule has 1 aromatic heterocycles. The van der Waals surface area contributed by atoms with Gasteiger partial charge in [-0.1, -0.05) is 29.8 Å². The molecule has 134 valence electrons. The van der Waals surface area contributed by atoms with Crippen LogP contribution in [0.4, 0.5) is 0 Å². The molecular formula is C18H23ClN4O2. The summed E-state index contributed by atoms with van der Waals surface area (Å²) < 4.78 is 1.76. The van der Waals surface area contributed by atoms with Gasteiger partial charge in [-0.3, -0.25) is 14.3 Å². The Hall–Kier alpha value is -2.34. The zero-order valence-corrected chi connectivity index (χ0v) is 15.7. The van der Waals surface area contributed by atoms with Crippen molar-refractivity contribution in [1.29, 1.82) is 0 Å². The van der Waals surface area contributed by atoms with Crippen molar-refractivity contribution in [2.75, 3.05) is 6.54 Å². The summed E-state index contributed by atoms with van der Waals surface area (Å²) in [5.41, 5.74) is 8.05. The molecule has 0 saturated carbocycles. The maximum Gasteiger partial charge on any atom is 0.258 e. The Morgan fingerprint density at radius 2 is 1.92 bits per heavy atom. The third-order valence-corrected chi connectivity index (χ3v) is 4.45. The maximum absolute atomic E-state index is 12.9. The average Bonchev–Trinajstić information content (AvgIpc) is 2.80. The van der Waals surface area contributed by atoms with E-state index in [4.69, 9.17) is 17.3 Å². The number of amides is 2. The number of benzene rings is 1. The largest absolute Gasteiger partial charge is 0.368 e. The highest BCUT2D eigenvalue weighted by atomic mass is 35.5. The molecule has 2 rings (SSSR count). The Morgan fingerprint density at radius 3 is 2.48 bits per heavy atom. The van der Waals surface area contributed by atoms with Gasteiger partial charge in [0.2, 0.25) is 5.91 Å². The molecule has 2 amide bonds. The highest BCUT2D eigenvalue weighted by molar-refractivity contribution is 6.31. The topological polar surface area (TPSA) is 81.2 Å². The summed E-state index contributed by atoms with van der Waals surface area (Å²) in [5, 5.41) is 5.14. The summed E-state index contributed by atoms with van der Waals surface area (Å²) >= 11 is 6.22. The fourth-order valence-electron chi connectivity index (χ4n) is 2.75. The van der Waals surface area contributed by atoms with Gasteiger partial charge in [0, 0.05) is 16.8 Å². The van der Waals surface area contributed by atoms with Crippen molar-refractivity contribution >= 4 is 23.4 Å². The van der Waals surface area contributed by atoms with Crippen LogP contribution in [0.2, 0.25) is 5.02 Å². The summed E-state index contributed by atoms with van der Waals surface area (Å²) in [6.45, 7) is 7.67. The predicted octanol–water partition coefficient (Wildman–Crippen LogP) is 2.54. The van der Waals surface area contributed by atoms with Gasteiger partial charge in [0.25, 0.3) is 5.91 Å². The molecule has 0 atom stereocenters. The van der Waals surface area contributed by atoms with Crippen LogP contribution in [0.5, 0.6) is 0 Å². The second-order valence-corrected chi connectivity index (χ2v) is 6.70. The molecule has 0 radical (unpaired) electrons. The molecule has 7 heteroatoms. The summed E-state index contributed by atoms with van der Waals surface area (Å²) in [4.78, 5) is 25.7. The zero-order valence-electron chi connectivity index (χ0n) is 14.9. The van der Waals surface area contributed by atoms with Crippen molar-refractivity contribution in [3.05, 3.63) is 51.8 Å². The molecule has 0 aliphatic rings. The molecule has 0 saturated heterocycles. The molecule has 1 aromatic carbocycles. The van der Waals surface area contributed by atoms with Crippen LogP contribution in [0.15, 0.2) is 24.3 Å². The van der Waals surface area contributed by atoms with Crippen molar-refractivity contribution in [1.82, 2.24) is 14.7 Å². The number of aryl methyl sites for hydroxylation is 1. The Morgan fingerprint density at radius 1 is 1.28 bits per heavy atom. The molecule has 25 heavy (non-hydrogen) atoms. The van der Waals surface area contributed by atoms with Crippen molar-refractivity contribution in [2.45, 2.75) is 40.3 Å². The van der Waals surface area contributed by atoms with Crippen LogP contribution < -0.4 is 5.73 Å². The average molecular weight is 363 g/mol. The van der Waals surface area contributed by atoms with E-state index in [0.29, 0.717) is 22.8 Å². The van der Waals surface area contributed by atoms with E-state index in [0.717, 1.165) is 11.3 Å². The van der Waals surface area contributed by atoms with Gasteiger partial charge in [-0.05, 0) is 39.3 Å². The highest BCUT2D eigenvalue weighted by Crippen LogP contribution is 2.21. The number of hydrogen-bond acceptors (Lipinski definition) is 3. The van der Waals surface area contributed by atoms with Crippen molar-refractivity contribution < 1.29 is 9.59 Å². The lowest BCUT2D eigenvalue weighted by atomic mass is 10.1. The van der Waals surface area contributed by atoms with Gasteiger partial charge >= 0.3 is 0 Å². The Balaban J connectivity index is 2.37. The van der Waals surface area contributed by atoms with Crippen LogP contribution in [0, 0.1) is 13.8 Å². The summed E-state index contributed by atoms with van der Waals surface area (Å²) in [5.74, 6) is -0.782. The van der Waals surface area contributed by atoms with Gasteiger partial charge in [-0.15, -0.1) is 0 Å². The summed E-state index contributed by atoms with van der Waals surface area (Å²) in [6.07, 6.45) is 0. The smallest absolute Gasteiger partial charge is 0.258 e. The molecular weight excluding hydrogens is 340 g/mol. The lowest BCUT2D eigenvalue weighted by Crippen LogP contribution is -2.43. The van der Waals surface area contributed by atoms with E-state index in [9.17, 15) is 9.59 Å². The molecule has 0 aliphatic heterocycles. The molecule has 6 nitrogen and oxygen atoms in total. The highest BCUT2D eigenvalue weighted by Gasteiger charge is 2.26. The lowest BCUT2D eigenvalue weighted by molar-refractivity contribution is -0.119. The minimum atomic E-state index is -0.541. The minimum absolute atomic E-state index is 0.120. The Bertz CT molecular complexity index is 798. The van der Waals surface area contributed by atoms with Crippen molar-refractivity contribution in [3.8, 4) is 0 Å². The SMILES string of the molecule is Cc1nn(Cc2ccccc2Cl)c(C)c1C(=O)N(CC(N)=O)C(C)C. The van der Waals surface area contributed by atoms with Gasteiger partial charge in [0.05, 0.1) is 24.3 Å². The normalized spacial score (nSPS) is 11.0. The van der Waals surface area contributed by atoms with Crippen LogP contribution in [0.3, 0.4) is 0 Å². The first-order valence-corrected chi connectivity index (χ1v) is 8.46. The van der Waals surface area contributed by atoms with Crippen LogP contribution in [0.25, 0.3) is 0 Å². The van der Waals surface area contributed by atoms with Crippen molar-refractivity contribution in [3.63, 3.8) is 0 Å². The molecule has 2 aromatic rings. The zero-order chi connectivity index (χ0) is 18.7. The predicted molar refractivity (Wildman–Crippen MR) is 97.6 cm³/mol. The monoisotopic (exact) mass is 362 g/mol. The van der Waals surface area contributed by atoms with E-state index >= 15 is 0 Å². The maximum atomic E-state index is 12.9. The number of rotatable bonds is 6. The molecule has 0 bridgehead atoms. The number of aromatic nitrogens is 2. The van der Waals surface area contributed by atoms with E-state index in [-0.39, 0.29) is 18.5 Å². The van der Waals surface area contributed by atoms with Gasteiger partial charge in [0.1, 0.15) is 0 Å². The van der Waals surface area contributed by atoms with Crippen LogP contribution in [-0.4, -0.2) is 39.1 Å². The van der Waals surface area contributed by atoms with Crippen LogP contribution in [0.1, 0.15) is 41.2 Å². The molecule has 0 spiro atoms. The Labute approximate surface area is 152 Å². The summed E-state index contributed by atoms with van der Waals surface area (Å²) in [7, 11) is 0. The fraction of sp³-hybridized carbons (Fsp3) is 0.389. The first-order valence-electron chi connectivity index (χ1n) is 8.09. The molecule has 2 N–H and O–H groups in total. The van der Waals surface area contributed by atoms with Gasteiger partial charge in [-0.2, -0.15) is 5.10 Å². The number of nitrogens with zero attached hydrogens (tertiary/aromatic N) is 3. The Kier molecular flexibility index (Phi) is 5.85. The number of halogens is 1. The second-order valence-electron chi connectivity index (χ2n) is 6.29. The van der Waals surface area contributed by atoms with Crippen LogP contribution >= 0.6 is 11.6 Å². The summed E-state index contributed by atoms with van der Waals surface area (Å²) in [6, 6.07) is 7.37. The number of primary amides is 1. The molecule has 1 heterocycles. The number of carbonyl (C=O) groups is 2. The first kappa shape index (κ1) is 19.0. The van der Waals surface area contributed by atoms with Gasteiger partial charge in [-0.25, -0.2) is 0 Å². The van der Waals surface area contributed by atoms with E-state index in [2.05, 4.69) is 5.10 Å². The third-order valence-electron chi connectivity index (χ3n) is 4.08. The molecule has 0 aliphatic carbocycles. The van der Waals surface area contributed by atoms with Gasteiger partial charge < -0.3 is 10.6 Å². The van der Waals surface area contributed by atoms with Gasteiger partial charge in [0.15, 0.2) is 0 Å². The molecule has 0 fully saturated rings. The first-order chi connectivity index (χ1) is 11.7. The van der Waals surface area contributed by atoms with E-state index in [1.807, 2.05) is 45.0 Å². The second kappa shape index (κ2) is 7.70. The van der Waals surface area contributed by atoms with Crippen LogP contribution in [-0.2, 0) is 11.3 Å². The quantitative estimate of drug-likeness (QED) is 0.857. The number of carbonyl (C=O) groups excluding carboxylic acids is 2. The fourth-order valence-corrected chi connectivity index (χ4v) is 2.94. The van der Waals surface area contributed by atoms with E-state index < -0.39 is 5.91 Å². The number of hydrogen-bond donors (Lipinski definition) is 1. The standard InChI is InChI=1S/C18H23ClN4O2/c1-11(2)22(10-16(20)24)18(25)17-12(3)21-23(13(17)4)9-14-7-5-6-8-15(14)19/h5-8,11H,9-10H2,1-4H3,(H2,20,24). The lowest BCUT2D eigenvalue weighted by Gasteiger charge is -2.25. The third kappa shape index (κ3) is 4.20. The van der Waals surface area contributed by atoms with Crippen molar-refractivity contribution in [2.24, 2.45) is 5.73 Å².